The molecule has 0 bridgehead atoms. The highest BCUT2D eigenvalue weighted by Gasteiger charge is 2.27. The van der Waals surface area contributed by atoms with E-state index in [4.69, 9.17) is 0 Å². The van der Waals surface area contributed by atoms with Crippen LogP contribution in [0.25, 0.3) is 0 Å². The summed E-state index contributed by atoms with van der Waals surface area (Å²) in [7, 11) is 0. The maximum atomic E-state index is 11.6. The van der Waals surface area contributed by atoms with Crippen molar-refractivity contribution in [2.24, 2.45) is 11.8 Å². The van der Waals surface area contributed by atoms with Gasteiger partial charge in [-0.25, -0.2) is 0 Å². The predicted molar refractivity (Wildman–Crippen MR) is 52.6 cm³/mol. The smallest absolute Gasteiger partial charge is 0.108 e. The lowest BCUT2D eigenvalue weighted by atomic mass is 9.87. The molecule has 0 aromatic carbocycles. The molecule has 2 aliphatic rings. The molecule has 0 aromatic heterocycles. The summed E-state index contributed by atoms with van der Waals surface area (Å²) in [4.78, 5) is 0. The molecule has 2 aliphatic carbocycles. The average Bonchev–Trinajstić information content (AvgIpc) is 1.89. The minimum absolute atomic E-state index is 0.477. The molecule has 0 radical (unpaired) electrons. The summed E-state index contributed by atoms with van der Waals surface area (Å²) < 4.78 is 11.6. The van der Waals surface area contributed by atoms with Crippen LogP contribution in [0.5, 0.6) is 0 Å². The van der Waals surface area contributed by atoms with E-state index in [2.05, 4.69) is 0 Å². The first-order valence-corrected chi connectivity index (χ1v) is 6.68. The highest BCUT2D eigenvalue weighted by molar-refractivity contribution is 7.91. The second-order valence-electron chi connectivity index (χ2n) is 4.37. The van der Waals surface area contributed by atoms with Gasteiger partial charge in [0.2, 0.25) is 0 Å². The zero-order valence-corrected chi connectivity index (χ0v) is 8.44. The summed E-state index contributed by atoms with van der Waals surface area (Å²) in [5.41, 5.74) is 0. The molecule has 70 valence electrons. The fourth-order valence-corrected chi connectivity index (χ4v) is 3.77. The Morgan fingerprint density at radius 1 is 0.917 bits per heavy atom. The van der Waals surface area contributed by atoms with E-state index in [0.717, 1.165) is 23.3 Å². The molecular formula is C10H18OS. The third kappa shape index (κ3) is 2.17. The molecule has 0 spiro atoms. The molecule has 2 rings (SSSR count). The van der Waals surface area contributed by atoms with E-state index in [1.54, 1.807) is 0 Å². The first-order valence-electron chi connectivity index (χ1n) is 5.19. The molecule has 0 aromatic rings. The highest BCUT2D eigenvalue weighted by atomic mass is 32.2. The molecule has 0 heterocycles. The van der Waals surface area contributed by atoms with E-state index >= 15 is 0 Å². The predicted octanol–water partition coefficient (Wildman–Crippen LogP) is 2.34. The van der Waals surface area contributed by atoms with Crippen LogP contribution < -0.4 is 0 Å². The van der Waals surface area contributed by atoms with Gasteiger partial charge in [0.1, 0.15) is 11.5 Å². The summed E-state index contributed by atoms with van der Waals surface area (Å²) in [6.45, 7) is 0. The van der Waals surface area contributed by atoms with Gasteiger partial charge < -0.3 is 4.55 Å². The van der Waals surface area contributed by atoms with Crippen molar-refractivity contribution in [2.75, 3.05) is 11.5 Å². The number of hydrogen-bond acceptors (Lipinski definition) is 1. The van der Waals surface area contributed by atoms with Crippen LogP contribution in [0.1, 0.15) is 38.5 Å². The summed E-state index contributed by atoms with van der Waals surface area (Å²) in [6, 6.07) is 0. The third-order valence-electron chi connectivity index (χ3n) is 3.29. The molecule has 1 nitrogen and oxygen atoms in total. The van der Waals surface area contributed by atoms with E-state index in [-0.39, 0.29) is 0 Å². The molecule has 0 atom stereocenters. The highest BCUT2D eigenvalue weighted by Crippen LogP contribution is 2.31. The second kappa shape index (κ2) is 4.01. The first-order chi connectivity index (χ1) is 5.84. The van der Waals surface area contributed by atoms with Crippen LogP contribution in [-0.2, 0) is 11.2 Å². The van der Waals surface area contributed by atoms with E-state index in [1.807, 2.05) is 0 Å². The molecular weight excluding hydrogens is 168 g/mol. The van der Waals surface area contributed by atoms with Gasteiger partial charge in [-0.1, -0.05) is 24.0 Å². The van der Waals surface area contributed by atoms with Crippen LogP contribution in [0.4, 0.5) is 0 Å². The lowest BCUT2D eigenvalue weighted by molar-refractivity contribution is 0.334. The molecule has 0 aliphatic heterocycles. The Morgan fingerprint density at radius 3 is 1.58 bits per heavy atom. The zero-order chi connectivity index (χ0) is 8.39. The van der Waals surface area contributed by atoms with Crippen LogP contribution in [0.3, 0.4) is 0 Å². The Hall–Kier alpha value is 0.310. The molecule has 0 N–H and O–H groups in total. The zero-order valence-electron chi connectivity index (χ0n) is 7.63. The van der Waals surface area contributed by atoms with Crippen molar-refractivity contribution in [3.8, 4) is 0 Å². The quantitative estimate of drug-likeness (QED) is 0.618. The van der Waals surface area contributed by atoms with Gasteiger partial charge in [-0.2, -0.15) is 0 Å². The van der Waals surface area contributed by atoms with Crippen molar-refractivity contribution in [3.05, 3.63) is 0 Å². The Labute approximate surface area is 78.1 Å². The lowest BCUT2D eigenvalue weighted by Crippen LogP contribution is -2.29. The van der Waals surface area contributed by atoms with Crippen molar-refractivity contribution in [1.29, 1.82) is 0 Å². The van der Waals surface area contributed by atoms with Gasteiger partial charge in [0.25, 0.3) is 0 Å². The largest absolute Gasteiger partial charge is 0.616 e. The van der Waals surface area contributed by atoms with Crippen LogP contribution in [0, 0.1) is 11.8 Å². The van der Waals surface area contributed by atoms with Crippen LogP contribution in [0.15, 0.2) is 0 Å². The standard InChI is InChI=1S/C10H18OS/c11-12(7-9-3-1-4-9)8-10-5-2-6-10/h9-10H,1-8H2. The number of rotatable bonds is 4. The average molecular weight is 186 g/mol. The Bertz CT molecular complexity index is 125. The fourth-order valence-electron chi connectivity index (χ4n) is 1.91. The molecule has 0 unspecified atom stereocenters. The van der Waals surface area contributed by atoms with Crippen LogP contribution >= 0.6 is 0 Å². The number of hydrogen-bond donors (Lipinski definition) is 0. The summed E-state index contributed by atoms with van der Waals surface area (Å²) >= 11 is -0.477. The van der Waals surface area contributed by atoms with E-state index in [1.165, 1.54) is 38.5 Å². The maximum absolute atomic E-state index is 11.6. The van der Waals surface area contributed by atoms with Crippen molar-refractivity contribution in [2.45, 2.75) is 38.5 Å². The third-order valence-corrected chi connectivity index (χ3v) is 4.98. The van der Waals surface area contributed by atoms with Gasteiger partial charge in [-0.05, 0) is 25.7 Å². The molecule has 2 saturated carbocycles. The van der Waals surface area contributed by atoms with Gasteiger partial charge in [0.05, 0.1) is 0 Å². The Balaban J connectivity index is 1.58. The lowest BCUT2D eigenvalue weighted by Gasteiger charge is -2.30. The fraction of sp³-hybridized carbons (Fsp3) is 1.00. The molecule has 12 heavy (non-hydrogen) atoms. The van der Waals surface area contributed by atoms with E-state index < -0.39 is 11.2 Å². The Kier molecular flexibility index (Phi) is 2.97. The van der Waals surface area contributed by atoms with Gasteiger partial charge in [0.15, 0.2) is 0 Å². The van der Waals surface area contributed by atoms with E-state index in [0.29, 0.717) is 0 Å². The Morgan fingerprint density at radius 2 is 1.33 bits per heavy atom. The first kappa shape index (κ1) is 8.89. The van der Waals surface area contributed by atoms with Crippen LogP contribution in [0.2, 0.25) is 0 Å². The topological polar surface area (TPSA) is 23.1 Å². The van der Waals surface area contributed by atoms with Crippen molar-refractivity contribution < 1.29 is 4.55 Å². The second-order valence-corrected chi connectivity index (χ2v) is 5.91. The summed E-state index contributed by atoms with van der Waals surface area (Å²) in [5.74, 6) is 3.67. The van der Waals surface area contributed by atoms with Gasteiger partial charge >= 0.3 is 0 Å². The SMILES string of the molecule is [O-][S+](CC1CCC1)CC1CCC1. The maximum Gasteiger partial charge on any atom is 0.108 e. The summed E-state index contributed by atoms with van der Waals surface area (Å²) in [6.07, 6.45) is 8.14. The molecule has 2 heteroatoms. The summed E-state index contributed by atoms with van der Waals surface area (Å²) in [5, 5.41) is 0. The minimum Gasteiger partial charge on any atom is -0.616 e. The van der Waals surface area contributed by atoms with Crippen molar-refractivity contribution >= 4 is 11.2 Å². The van der Waals surface area contributed by atoms with Crippen molar-refractivity contribution in [1.82, 2.24) is 0 Å². The van der Waals surface area contributed by atoms with Gasteiger partial charge in [-0.15, -0.1) is 0 Å². The monoisotopic (exact) mass is 186 g/mol. The van der Waals surface area contributed by atoms with Gasteiger partial charge in [-0.3, -0.25) is 0 Å². The molecule has 2 fully saturated rings. The van der Waals surface area contributed by atoms with Crippen molar-refractivity contribution in [3.63, 3.8) is 0 Å². The van der Waals surface area contributed by atoms with E-state index in [9.17, 15) is 4.55 Å². The molecule has 0 saturated heterocycles. The normalized spacial score (nSPS) is 25.5. The minimum atomic E-state index is -0.477. The van der Waals surface area contributed by atoms with Crippen LogP contribution in [-0.4, -0.2) is 16.1 Å². The van der Waals surface area contributed by atoms with Gasteiger partial charge in [0, 0.05) is 11.8 Å². The molecule has 0 amide bonds.